The van der Waals surface area contributed by atoms with Crippen LogP contribution in [0, 0.1) is 23.7 Å². The van der Waals surface area contributed by atoms with Crippen molar-refractivity contribution in [1.82, 2.24) is 5.32 Å². The summed E-state index contributed by atoms with van der Waals surface area (Å²) in [6.07, 6.45) is 12.1. The Morgan fingerprint density at radius 2 is 2.20 bits per heavy atom. The molecule has 0 aromatic rings. The highest BCUT2D eigenvalue weighted by atomic mass is 16.1. The first-order valence-corrected chi connectivity index (χ1v) is 8.20. The Morgan fingerprint density at radius 1 is 1.40 bits per heavy atom. The molecular weight excluding hydrogens is 246 g/mol. The third-order valence-corrected chi connectivity index (χ3v) is 4.95. The minimum Gasteiger partial charge on any atom is -0.356 e. The Bertz CT molecular complexity index is 394. The molecule has 1 saturated carbocycles. The van der Waals surface area contributed by atoms with Crippen molar-refractivity contribution < 1.29 is 4.79 Å². The van der Waals surface area contributed by atoms with Gasteiger partial charge in [-0.1, -0.05) is 51.0 Å². The lowest BCUT2D eigenvalue weighted by Gasteiger charge is -2.36. The number of nitrogens with one attached hydrogen (secondary N) is 1. The number of carbonyl (C=O) groups excluding carboxylic acids is 1. The quantitative estimate of drug-likeness (QED) is 0.804. The van der Waals surface area contributed by atoms with Gasteiger partial charge in [0.05, 0.1) is 0 Å². The van der Waals surface area contributed by atoms with Gasteiger partial charge in [-0.15, -0.1) is 0 Å². The van der Waals surface area contributed by atoms with Crippen LogP contribution in [0.4, 0.5) is 0 Å². The van der Waals surface area contributed by atoms with Gasteiger partial charge in [-0.3, -0.25) is 4.79 Å². The van der Waals surface area contributed by atoms with E-state index in [0.717, 1.165) is 25.8 Å². The van der Waals surface area contributed by atoms with Crippen molar-refractivity contribution in [2.75, 3.05) is 6.54 Å². The third-order valence-electron chi connectivity index (χ3n) is 4.95. The second-order valence-electron chi connectivity index (χ2n) is 6.93. The zero-order valence-corrected chi connectivity index (χ0v) is 13.2. The summed E-state index contributed by atoms with van der Waals surface area (Å²) < 4.78 is 0. The van der Waals surface area contributed by atoms with Crippen LogP contribution in [-0.4, -0.2) is 12.5 Å². The SMILES string of the molecule is CC(C)[C@@H]1CC[C@@H](C)CC1C(=O)NCCC1=CC=CC1. The zero-order valence-electron chi connectivity index (χ0n) is 13.2. The Labute approximate surface area is 123 Å². The number of hydrogen-bond acceptors (Lipinski definition) is 1. The molecular formula is C18H29NO. The van der Waals surface area contributed by atoms with Crippen LogP contribution >= 0.6 is 0 Å². The summed E-state index contributed by atoms with van der Waals surface area (Å²) in [5, 5.41) is 3.18. The molecule has 1 amide bonds. The van der Waals surface area contributed by atoms with E-state index in [1.54, 1.807) is 0 Å². The highest BCUT2D eigenvalue weighted by Crippen LogP contribution is 2.38. The number of rotatable bonds is 5. The fourth-order valence-corrected chi connectivity index (χ4v) is 3.66. The molecule has 2 aliphatic carbocycles. The van der Waals surface area contributed by atoms with Crippen LogP contribution in [-0.2, 0) is 4.79 Å². The normalized spacial score (nSPS) is 29.6. The van der Waals surface area contributed by atoms with Gasteiger partial charge < -0.3 is 5.32 Å². The summed E-state index contributed by atoms with van der Waals surface area (Å²) in [4.78, 5) is 12.5. The molecule has 2 heteroatoms. The largest absolute Gasteiger partial charge is 0.356 e. The van der Waals surface area contributed by atoms with Gasteiger partial charge in [0.1, 0.15) is 0 Å². The summed E-state index contributed by atoms with van der Waals surface area (Å²) in [5.41, 5.74) is 1.43. The van der Waals surface area contributed by atoms with Gasteiger partial charge in [0, 0.05) is 12.5 Å². The van der Waals surface area contributed by atoms with E-state index in [1.165, 1.54) is 18.4 Å². The first kappa shape index (κ1) is 15.3. The molecule has 1 unspecified atom stereocenters. The fourth-order valence-electron chi connectivity index (χ4n) is 3.66. The van der Waals surface area contributed by atoms with Crippen LogP contribution in [0.25, 0.3) is 0 Å². The molecule has 0 aliphatic heterocycles. The minimum atomic E-state index is 0.231. The Morgan fingerprint density at radius 3 is 2.85 bits per heavy atom. The average molecular weight is 275 g/mol. The molecule has 0 bridgehead atoms. The maximum absolute atomic E-state index is 12.5. The maximum Gasteiger partial charge on any atom is 0.223 e. The summed E-state index contributed by atoms with van der Waals surface area (Å²) in [5.74, 6) is 2.40. The first-order chi connectivity index (χ1) is 9.58. The second kappa shape index (κ2) is 7.10. The van der Waals surface area contributed by atoms with Crippen LogP contribution in [0.3, 0.4) is 0 Å². The van der Waals surface area contributed by atoms with Gasteiger partial charge in [0.15, 0.2) is 0 Å². The van der Waals surface area contributed by atoms with Crippen molar-refractivity contribution in [2.24, 2.45) is 23.7 Å². The lowest BCUT2D eigenvalue weighted by Crippen LogP contribution is -2.40. The zero-order chi connectivity index (χ0) is 14.5. The lowest BCUT2D eigenvalue weighted by molar-refractivity contribution is -0.129. The van der Waals surface area contributed by atoms with Crippen molar-refractivity contribution in [3.8, 4) is 0 Å². The van der Waals surface area contributed by atoms with E-state index in [4.69, 9.17) is 0 Å². The molecule has 0 saturated heterocycles. The highest BCUT2D eigenvalue weighted by Gasteiger charge is 2.35. The molecule has 2 aliphatic rings. The monoisotopic (exact) mass is 275 g/mol. The second-order valence-corrected chi connectivity index (χ2v) is 6.93. The Hall–Kier alpha value is -1.05. The number of hydrogen-bond donors (Lipinski definition) is 1. The summed E-state index contributed by atoms with van der Waals surface area (Å²) >= 11 is 0. The van der Waals surface area contributed by atoms with Crippen LogP contribution in [0.1, 0.15) is 52.9 Å². The van der Waals surface area contributed by atoms with E-state index < -0.39 is 0 Å². The molecule has 2 rings (SSSR count). The van der Waals surface area contributed by atoms with Gasteiger partial charge in [-0.05, 0) is 43.4 Å². The first-order valence-electron chi connectivity index (χ1n) is 8.20. The molecule has 0 heterocycles. The summed E-state index contributed by atoms with van der Waals surface area (Å²) in [6.45, 7) is 7.60. The van der Waals surface area contributed by atoms with E-state index >= 15 is 0 Å². The van der Waals surface area contributed by atoms with Crippen LogP contribution in [0.2, 0.25) is 0 Å². The molecule has 0 radical (unpaired) electrons. The molecule has 20 heavy (non-hydrogen) atoms. The minimum absolute atomic E-state index is 0.231. The van der Waals surface area contributed by atoms with Crippen molar-refractivity contribution in [3.63, 3.8) is 0 Å². The number of carbonyl (C=O) groups is 1. The molecule has 0 aromatic heterocycles. The van der Waals surface area contributed by atoms with Gasteiger partial charge in [-0.2, -0.15) is 0 Å². The summed E-state index contributed by atoms with van der Waals surface area (Å²) in [7, 11) is 0. The van der Waals surface area contributed by atoms with Crippen molar-refractivity contribution >= 4 is 5.91 Å². The lowest BCUT2D eigenvalue weighted by atomic mass is 9.70. The van der Waals surface area contributed by atoms with Crippen LogP contribution in [0.15, 0.2) is 23.8 Å². The molecule has 0 aromatic carbocycles. The van der Waals surface area contributed by atoms with Gasteiger partial charge in [0.2, 0.25) is 5.91 Å². The molecule has 1 fully saturated rings. The average Bonchev–Trinajstić information content (AvgIpc) is 2.91. The van der Waals surface area contributed by atoms with Gasteiger partial charge in [-0.25, -0.2) is 0 Å². The third kappa shape index (κ3) is 3.97. The molecule has 3 atom stereocenters. The van der Waals surface area contributed by atoms with Crippen molar-refractivity contribution in [1.29, 1.82) is 0 Å². The highest BCUT2D eigenvalue weighted by molar-refractivity contribution is 5.79. The van der Waals surface area contributed by atoms with Crippen LogP contribution < -0.4 is 5.32 Å². The topological polar surface area (TPSA) is 29.1 Å². The Balaban J connectivity index is 1.82. The van der Waals surface area contributed by atoms with Crippen molar-refractivity contribution in [2.45, 2.75) is 52.9 Å². The van der Waals surface area contributed by atoms with E-state index in [1.807, 2.05) is 0 Å². The molecule has 112 valence electrons. The molecule has 0 spiro atoms. The van der Waals surface area contributed by atoms with E-state index in [9.17, 15) is 4.79 Å². The molecule has 1 N–H and O–H groups in total. The van der Waals surface area contributed by atoms with E-state index in [2.05, 4.69) is 44.3 Å². The number of amides is 1. The maximum atomic E-state index is 12.5. The number of allylic oxidation sites excluding steroid dienone is 3. The van der Waals surface area contributed by atoms with Crippen LogP contribution in [0.5, 0.6) is 0 Å². The van der Waals surface area contributed by atoms with Gasteiger partial charge in [0.25, 0.3) is 0 Å². The fraction of sp³-hybridized carbons (Fsp3) is 0.722. The van der Waals surface area contributed by atoms with Gasteiger partial charge >= 0.3 is 0 Å². The Kier molecular flexibility index (Phi) is 5.45. The predicted molar refractivity (Wildman–Crippen MR) is 84.3 cm³/mol. The predicted octanol–water partition coefficient (Wildman–Crippen LogP) is 4.09. The standard InChI is InChI=1S/C18H29NO/c1-13(2)16-9-8-14(3)12-17(16)18(20)19-11-10-15-6-4-5-7-15/h4-6,13-14,16-17H,7-12H2,1-3H3,(H,19,20)/t14-,16+,17?/m1/s1. The smallest absolute Gasteiger partial charge is 0.223 e. The molecule has 2 nitrogen and oxygen atoms in total. The van der Waals surface area contributed by atoms with Crippen molar-refractivity contribution in [3.05, 3.63) is 23.8 Å². The van der Waals surface area contributed by atoms with E-state index in [0.29, 0.717) is 23.7 Å². The van der Waals surface area contributed by atoms with E-state index in [-0.39, 0.29) is 5.92 Å². The summed E-state index contributed by atoms with van der Waals surface area (Å²) in [6, 6.07) is 0.